The fourth-order valence-corrected chi connectivity index (χ4v) is 2.07. The Morgan fingerprint density at radius 3 is 2.81 bits per heavy atom. The highest BCUT2D eigenvalue weighted by Gasteiger charge is 2.13. The molecular formula is C12H11Cl3N2O3S. The number of aromatic amines is 1. The molecule has 0 aliphatic carbocycles. The van der Waals surface area contributed by atoms with Crippen molar-refractivity contribution in [3.8, 4) is 17.0 Å². The Labute approximate surface area is 141 Å². The van der Waals surface area contributed by atoms with Gasteiger partial charge in [-0.2, -0.15) is 0 Å². The molecule has 0 unspecified atom stereocenters. The molecule has 0 atom stereocenters. The summed E-state index contributed by atoms with van der Waals surface area (Å²) in [5.41, 5.74) is 0.424. The summed E-state index contributed by atoms with van der Waals surface area (Å²) in [7, 11) is 0. The highest BCUT2D eigenvalue weighted by molar-refractivity contribution is 7.90. The smallest absolute Gasteiger partial charge is 0.225 e. The first-order valence-corrected chi connectivity index (χ1v) is 7.04. The van der Waals surface area contributed by atoms with Gasteiger partial charge in [-0.25, -0.2) is 0 Å². The van der Waals surface area contributed by atoms with Gasteiger partial charge in [-0.05, 0) is 6.92 Å². The van der Waals surface area contributed by atoms with E-state index in [2.05, 4.69) is 9.97 Å². The van der Waals surface area contributed by atoms with Crippen LogP contribution >= 0.6 is 47.9 Å². The van der Waals surface area contributed by atoms with E-state index in [-0.39, 0.29) is 23.0 Å². The molecule has 0 radical (unpaired) electrons. The summed E-state index contributed by atoms with van der Waals surface area (Å²) in [5.74, 6) is 0.337. The monoisotopic (exact) mass is 368 g/mol. The fourth-order valence-electron chi connectivity index (χ4n) is 1.43. The van der Waals surface area contributed by atoms with Crippen LogP contribution in [0.2, 0.25) is 10.2 Å². The van der Waals surface area contributed by atoms with E-state index in [0.29, 0.717) is 28.6 Å². The number of nitrogens with one attached hydrogen (secondary N) is 1. The van der Waals surface area contributed by atoms with Gasteiger partial charge in [-0.15, -0.1) is 12.4 Å². The van der Waals surface area contributed by atoms with E-state index < -0.39 is 0 Å². The first-order chi connectivity index (χ1) is 9.61. The normalized spacial score (nSPS) is 10.0. The molecule has 0 bridgehead atoms. The maximum Gasteiger partial charge on any atom is 0.225 e. The lowest BCUT2D eigenvalue weighted by molar-refractivity contribution is 0.369. The van der Waals surface area contributed by atoms with Crippen molar-refractivity contribution >= 4 is 47.9 Å². The Balaban J connectivity index is 0.00000220. The molecule has 0 aliphatic heterocycles. The zero-order valence-corrected chi connectivity index (χ0v) is 13.9. The van der Waals surface area contributed by atoms with E-state index in [1.165, 1.54) is 18.5 Å². The predicted molar refractivity (Wildman–Crippen MR) is 87.4 cm³/mol. The maximum atomic E-state index is 11.9. The van der Waals surface area contributed by atoms with E-state index in [9.17, 15) is 4.79 Å². The van der Waals surface area contributed by atoms with Crippen LogP contribution in [-0.4, -0.2) is 16.6 Å². The van der Waals surface area contributed by atoms with Crippen molar-refractivity contribution in [3.05, 3.63) is 44.9 Å². The summed E-state index contributed by atoms with van der Waals surface area (Å²) in [5, 5.41) is 0.644. The molecule has 0 saturated carbocycles. The van der Waals surface area contributed by atoms with Crippen molar-refractivity contribution in [2.45, 2.75) is 6.92 Å². The van der Waals surface area contributed by atoms with Gasteiger partial charge in [0, 0.05) is 24.5 Å². The Kier molecular flexibility index (Phi) is 7.34. The molecule has 5 nitrogen and oxygen atoms in total. The first-order valence-electron chi connectivity index (χ1n) is 5.62. The summed E-state index contributed by atoms with van der Waals surface area (Å²) in [6.07, 6.45) is 2.91. The van der Waals surface area contributed by atoms with E-state index in [1.54, 1.807) is 6.07 Å². The number of nitrogens with zero attached hydrogens (tertiary/aromatic N) is 1. The Hall–Kier alpha value is -0.920. The second-order valence-electron chi connectivity index (χ2n) is 3.62. The van der Waals surface area contributed by atoms with E-state index in [1.807, 2.05) is 6.92 Å². The van der Waals surface area contributed by atoms with E-state index in [0.717, 1.165) is 12.3 Å². The molecule has 9 heteroatoms. The molecule has 0 fully saturated rings. The molecule has 0 saturated heterocycles. The second-order valence-corrected chi connectivity index (χ2v) is 5.00. The van der Waals surface area contributed by atoms with Gasteiger partial charge in [-0.1, -0.05) is 23.2 Å². The van der Waals surface area contributed by atoms with Gasteiger partial charge in [-0.3, -0.25) is 14.0 Å². The van der Waals surface area contributed by atoms with Gasteiger partial charge in [0.1, 0.15) is 10.8 Å². The fraction of sp³-hybridized carbons (Fsp3) is 0.167. The molecule has 1 N–H and O–H groups in total. The highest BCUT2D eigenvalue weighted by atomic mass is 35.5. The van der Waals surface area contributed by atoms with Gasteiger partial charge in [0.25, 0.3) is 0 Å². The Morgan fingerprint density at radius 1 is 1.38 bits per heavy atom. The number of pyridine rings is 2. The number of aromatic nitrogens is 2. The number of hydrogen-bond acceptors (Lipinski definition) is 5. The van der Waals surface area contributed by atoms with Crippen LogP contribution in [0.1, 0.15) is 6.92 Å². The van der Waals surface area contributed by atoms with Crippen LogP contribution < -0.4 is 9.61 Å². The zero-order chi connectivity index (χ0) is 14.5. The molecule has 2 rings (SSSR count). The second kappa shape index (κ2) is 8.51. The number of H-pyrrole nitrogens is 1. The zero-order valence-electron chi connectivity index (χ0n) is 10.8. The summed E-state index contributed by atoms with van der Waals surface area (Å²) in [6.45, 7) is 2.31. The average molecular weight is 370 g/mol. The lowest BCUT2D eigenvalue weighted by atomic mass is 10.1. The van der Waals surface area contributed by atoms with Crippen LogP contribution in [0.15, 0.2) is 29.3 Å². The third-order valence-corrected chi connectivity index (χ3v) is 3.25. The number of halogens is 3. The molecule has 21 heavy (non-hydrogen) atoms. The van der Waals surface area contributed by atoms with Crippen LogP contribution in [-0.2, 0) is 4.18 Å². The predicted octanol–water partition coefficient (Wildman–Crippen LogP) is 4.14. The molecule has 2 aromatic heterocycles. The van der Waals surface area contributed by atoms with Crippen LogP contribution in [0.3, 0.4) is 0 Å². The lowest BCUT2D eigenvalue weighted by Crippen LogP contribution is -2.06. The molecule has 0 aliphatic rings. The summed E-state index contributed by atoms with van der Waals surface area (Å²) in [4.78, 5) is 18.8. The molecule has 0 spiro atoms. The van der Waals surface area contributed by atoms with Crippen molar-refractivity contribution in [1.29, 1.82) is 0 Å². The van der Waals surface area contributed by atoms with Crippen molar-refractivity contribution in [2.75, 3.05) is 6.61 Å². The van der Waals surface area contributed by atoms with Gasteiger partial charge >= 0.3 is 0 Å². The number of hydrogen-bond donors (Lipinski definition) is 1. The average Bonchev–Trinajstić information content (AvgIpc) is 2.40. The van der Waals surface area contributed by atoms with Gasteiger partial charge in [0.2, 0.25) is 12.3 Å². The maximum absolute atomic E-state index is 11.9. The molecule has 0 aromatic carbocycles. The summed E-state index contributed by atoms with van der Waals surface area (Å²) >= 11 is 12.4. The minimum Gasteiger partial charge on any atom is -0.398 e. The third kappa shape index (κ3) is 4.79. The first kappa shape index (κ1) is 18.1. The minimum absolute atomic E-state index is 0. The van der Waals surface area contributed by atoms with E-state index in [4.69, 9.17) is 31.6 Å². The summed E-state index contributed by atoms with van der Waals surface area (Å²) < 4.78 is 10.4. The molecule has 0 amide bonds. The van der Waals surface area contributed by atoms with Crippen LogP contribution in [0.25, 0.3) is 11.3 Å². The van der Waals surface area contributed by atoms with Gasteiger partial charge in [0.05, 0.1) is 17.2 Å². The molecule has 114 valence electrons. The highest BCUT2D eigenvalue weighted by Crippen LogP contribution is 2.30. The van der Waals surface area contributed by atoms with Gasteiger partial charge in [0.15, 0.2) is 11.2 Å². The standard InChI is InChI=1S/C12H10Cl2N2O3S.ClH/c1-2-18-20-19-10-3-7(13)5-16-12(10)8-6-15-11(14)4-9(8)17;/h3-6H,2H2,1H3,(H,15,17);1H. The van der Waals surface area contributed by atoms with Crippen molar-refractivity contribution in [1.82, 2.24) is 9.97 Å². The van der Waals surface area contributed by atoms with Crippen molar-refractivity contribution in [2.24, 2.45) is 0 Å². The van der Waals surface area contributed by atoms with Crippen LogP contribution in [0.4, 0.5) is 0 Å². The molecular weight excluding hydrogens is 359 g/mol. The van der Waals surface area contributed by atoms with Crippen LogP contribution in [0, 0.1) is 0 Å². The van der Waals surface area contributed by atoms with Crippen molar-refractivity contribution < 1.29 is 8.37 Å². The van der Waals surface area contributed by atoms with Gasteiger partial charge < -0.3 is 9.17 Å². The minimum atomic E-state index is -0.269. The van der Waals surface area contributed by atoms with Crippen molar-refractivity contribution in [3.63, 3.8) is 0 Å². The quantitative estimate of drug-likeness (QED) is 0.487. The molecule has 2 heterocycles. The number of rotatable bonds is 5. The summed E-state index contributed by atoms with van der Waals surface area (Å²) in [6, 6.07) is 2.83. The SMILES string of the molecule is CCOSOc1cc(Cl)cnc1-c1c[nH]c(Cl)cc1=O.Cl. The third-order valence-electron chi connectivity index (χ3n) is 2.24. The largest absolute Gasteiger partial charge is 0.398 e. The molecule has 2 aromatic rings. The van der Waals surface area contributed by atoms with E-state index >= 15 is 0 Å². The Morgan fingerprint density at radius 2 is 2.14 bits per heavy atom. The lowest BCUT2D eigenvalue weighted by Gasteiger charge is -2.08. The topological polar surface area (TPSA) is 64.2 Å². The van der Waals surface area contributed by atoms with Crippen LogP contribution in [0.5, 0.6) is 5.75 Å². The Bertz CT molecular complexity index is 666.